The second-order valence-corrected chi connectivity index (χ2v) is 7.91. The minimum atomic E-state index is -0.329. The maximum Gasteiger partial charge on any atom is 0.336 e. The number of rotatable bonds is 7. The van der Waals surface area contributed by atoms with Gasteiger partial charge in [-0.25, -0.2) is 4.79 Å². The molecule has 1 aromatic heterocycles. The summed E-state index contributed by atoms with van der Waals surface area (Å²) in [5, 5.41) is 3.28. The van der Waals surface area contributed by atoms with E-state index in [0.717, 1.165) is 37.3 Å². The van der Waals surface area contributed by atoms with Crippen LogP contribution in [0.1, 0.15) is 24.1 Å². The third kappa shape index (κ3) is 4.56. The van der Waals surface area contributed by atoms with Gasteiger partial charge < -0.3 is 24.1 Å². The predicted octanol–water partition coefficient (Wildman–Crippen LogP) is 0.910. The molecule has 1 aliphatic rings. The smallest absolute Gasteiger partial charge is 0.336 e. The fraction of sp³-hybridized carbons (Fsp3) is 0.375. The lowest BCUT2D eigenvalue weighted by molar-refractivity contribution is -0.959. The van der Waals surface area contributed by atoms with Crippen LogP contribution in [-0.4, -0.2) is 39.5 Å². The van der Waals surface area contributed by atoms with Crippen LogP contribution in [0.15, 0.2) is 63.8 Å². The largest absolute Gasteiger partial charge is 0.497 e. The molecule has 0 spiro atoms. The number of morpholine rings is 1. The van der Waals surface area contributed by atoms with Gasteiger partial charge in [-0.3, -0.25) is 0 Å². The zero-order valence-electron chi connectivity index (χ0n) is 17.6. The summed E-state index contributed by atoms with van der Waals surface area (Å²) in [4.78, 5) is 13.7. The Bertz CT molecular complexity index is 1030. The first-order valence-corrected chi connectivity index (χ1v) is 10.6. The molecule has 0 bridgehead atoms. The monoisotopic (exact) mass is 410 g/mol. The van der Waals surface area contributed by atoms with Crippen molar-refractivity contribution in [2.24, 2.45) is 0 Å². The third-order valence-electron chi connectivity index (χ3n) is 6.01. The molecule has 0 amide bonds. The minimum Gasteiger partial charge on any atom is -0.497 e. The summed E-state index contributed by atoms with van der Waals surface area (Å²) in [5.41, 5.74) is 2.57. The van der Waals surface area contributed by atoms with E-state index < -0.39 is 0 Å². The van der Waals surface area contributed by atoms with Gasteiger partial charge in [-0.2, -0.15) is 0 Å². The molecule has 0 aliphatic carbocycles. The Kier molecular flexibility index (Phi) is 6.47. The number of methoxy groups -OCH3 is 1. The Morgan fingerprint density at radius 2 is 1.87 bits per heavy atom. The summed E-state index contributed by atoms with van der Waals surface area (Å²) in [6.07, 6.45) is 0. The maximum atomic E-state index is 12.1. The molecule has 2 heterocycles. The Labute approximate surface area is 176 Å². The fourth-order valence-electron chi connectivity index (χ4n) is 4.47. The molecule has 158 valence electrons. The zero-order chi connectivity index (χ0) is 20.9. The molecule has 0 saturated carbocycles. The van der Waals surface area contributed by atoms with Crippen molar-refractivity contribution >= 4 is 11.0 Å². The van der Waals surface area contributed by atoms with Crippen LogP contribution in [0, 0.1) is 0 Å². The van der Waals surface area contributed by atoms with Crippen LogP contribution in [0.4, 0.5) is 0 Å². The maximum absolute atomic E-state index is 12.1. The second kappa shape index (κ2) is 9.43. The van der Waals surface area contributed by atoms with E-state index in [0.29, 0.717) is 30.0 Å². The Hall–Kier alpha value is -2.67. The number of ether oxygens (including phenoxy) is 2. The molecule has 6 nitrogen and oxygen atoms in total. The van der Waals surface area contributed by atoms with Crippen LogP contribution in [0.2, 0.25) is 0 Å². The van der Waals surface area contributed by atoms with Gasteiger partial charge in [0.05, 0.1) is 20.3 Å². The Morgan fingerprint density at radius 3 is 2.60 bits per heavy atom. The van der Waals surface area contributed by atoms with E-state index in [1.807, 2.05) is 12.1 Å². The molecule has 4 rings (SSSR count). The first-order valence-electron chi connectivity index (χ1n) is 10.6. The van der Waals surface area contributed by atoms with Crippen LogP contribution in [-0.2, 0) is 11.3 Å². The number of quaternary nitrogens is 2. The topological polar surface area (TPSA) is 69.7 Å². The van der Waals surface area contributed by atoms with E-state index in [1.54, 1.807) is 24.1 Å². The highest BCUT2D eigenvalue weighted by Gasteiger charge is 2.33. The summed E-state index contributed by atoms with van der Waals surface area (Å²) in [6.45, 7) is 6.61. The lowest BCUT2D eigenvalue weighted by Gasteiger charge is -2.34. The van der Waals surface area contributed by atoms with Gasteiger partial charge in [-0.1, -0.05) is 30.3 Å². The number of nitrogens with one attached hydrogen (secondary N) is 1. The highest BCUT2D eigenvalue weighted by Crippen LogP contribution is 2.22. The highest BCUT2D eigenvalue weighted by molar-refractivity contribution is 5.81. The zero-order valence-corrected chi connectivity index (χ0v) is 17.6. The van der Waals surface area contributed by atoms with Gasteiger partial charge in [0.25, 0.3) is 0 Å². The van der Waals surface area contributed by atoms with Crippen molar-refractivity contribution in [2.45, 2.75) is 25.6 Å². The average Bonchev–Trinajstić information content (AvgIpc) is 2.78. The molecule has 3 N–H and O–H groups in total. The van der Waals surface area contributed by atoms with Gasteiger partial charge in [-0.15, -0.1) is 0 Å². The van der Waals surface area contributed by atoms with E-state index in [2.05, 4.69) is 42.6 Å². The van der Waals surface area contributed by atoms with E-state index in [9.17, 15) is 4.79 Å². The summed E-state index contributed by atoms with van der Waals surface area (Å²) >= 11 is 0. The molecule has 0 radical (unpaired) electrons. The molecule has 0 unspecified atom stereocenters. The standard InChI is InChI=1S/C24H28N2O4/c1-17(24(18-6-4-3-5-7-18)26-10-12-29-13-11-26)25-16-19-14-23(27)30-22-15-20(28-2)8-9-21(19)22/h3-9,14-15,17,24-25H,10-13,16H2,1-2H3/p+2/t17-,24-/m0/s1. The molecule has 2 aromatic carbocycles. The highest BCUT2D eigenvalue weighted by atomic mass is 16.5. The molecule has 3 aromatic rings. The lowest BCUT2D eigenvalue weighted by atomic mass is 9.97. The van der Waals surface area contributed by atoms with Crippen molar-refractivity contribution in [1.82, 2.24) is 0 Å². The van der Waals surface area contributed by atoms with Crippen molar-refractivity contribution in [3.8, 4) is 5.75 Å². The van der Waals surface area contributed by atoms with Crippen LogP contribution < -0.4 is 20.6 Å². The van der Waals surface area contributed by atoms with Gasteiger partial charge in [0.2, 0.25) is 0 Å². The molecule has 6 heteroatoms. The number of nitrogens with two attached hydrogens (primary N) is 1. The summed E-state index contributed by atoms with van der Waals surface area (Å²) in [5.74, 6) is 0.681. The van der Waals surface area contributed by atoms with E-state index in [-0.39, 0.29) is 5.63 Å². The van der Waals surface area contributed by atoms with Gasteiger partial charge in [-0.05, 0) is 19.1 Å². The van der Waals surface area contributed by atoms with E-state index in [4.69, 9.17) is 13.9 Å². The molecule has 2 atom stereocenters. The van der Waals surface area contributed by atoms with Gasteiger partial charge >= 0.3 is 5.63 Å². The van der Waals surface area contributed by atoms with Crippen molar-refractivity contribution < 1.29 is 24.1 Å². The Balaban J connectivity index is 1.57. The van der Waals surface area contributed by atoms with Crippen LogP contribution >= 0.6 is 0 Å². The third-order valence-corrected chi connectivity index (χ3v) is 6.01. The molecule has 1 aliphatic heterocycles. The minimum absolute atomic E-state index is 0.329. The molecular formula is C24H30N2O4+2. The van der Waals surface area contributed by atoms with Crippen LogP contribution in [0.25, 0.3) is 11.0 Å². The second-order valence-electron chi connectivity index (χ2n) is 7.91. The Morgan fingerprint density at radius 1 is 1.10 bits per heavy atom. The van der Waals surface area contributed by atoms with Gasteiger partial charge in [0.1, 0.15) is 37.0 Å². The SMILES string of the molecule is COc1ccc2c(C[NH2+][C@@H](C)[C@@H](c3ccccc3)[NH+]3CCOCC3)cc(=O)oc2c1. The fourth-order valence-corrected chi connectivity index (χ4v) is 4.47. The first kappa shape index (κ1) is 20.6. The van der Waals surface area contributed by atoms with Crippen molar-refractivity contribution in [3.05, 3.63) is 76.1 Å². The predicted molar refractivity (Wildman–Crippen MR) is 115 cm³/mol. The van der Waals surface area contributed by atoms with E-state index >= 15 is 0 Å². The summed E-state index contributed by atoms with van der Waals surface area (Å²) in [6, 6.07) is 18.7. The molecule has 30 heavy (non-hydrogen) atoms. The van der Waals surface area contributed by atoms with Gasteiger partial charge in [0.15, 0.2) is 6.04 Å². The van der Waals surface area contributed by atoms with Crippen molar-refractivity contribution in [1.29, 1.82) is 0 Å². The van der Waals surface area contributed by atoms with Gasteiger partial charge in [0, 0.05) is 28.6 Å². The number of benzene rings is 2. The molecular weight excluding hydrogens is 380 g/mol. The van der Waals surface area contributed by atoms with Crippen molar-refractivity contribution in [2.75, 3.05) is 33.4 Å². The molecule has 1 saturated heterocycles. The lowest BCUT2D eigenvalue weighted by Crippen LogP contribution is -3.17. The van der Waals surface area contributed by atoms with Crippen LogP contribution in [0.3, 0.4) is 0 Å². The van der Waals surface area contributed by atoms with Crippen molar-refractivity contribution in [3.63, 3.8) is 0 Å². The molecule has 1 fully saturated rings. The first-order chi connectivity index (χ1) is 14.7. The number of hydrogen-bond donors (Lipinski definition) is 2. The summed E-state index contributed by atoms with van der Waals surface area (Å²) < 4.78 is 16.2. The van der Waals surface area contributed by atoms with Crippen LogP contribution in [0.5, 0.6) is 5.75 Å². The summed E-state index contributed by atoms with van der Waals surface area (Å²) in [7, 11) is 1.61. The number of fused-ring (bicyclic) bond motifs is 1. The van der Waals surface area contributed by atoms with E-state index in [1.165, 1.54) is 5.56 Å². The average molecular weight is 411 g/mol. The quantitative estimate of drug-likeness (QED) is 0.568. The normalized spacial score (nSPS) is 17.0. The number of hydrogen-bond acceptors (Lipinski definition) is 4.